The van der Waals surface area contributed by atoms with Crippen molar-refractivity contribution in [3.05, 3.63) is 34.9 Å². The summed E-state index contributed by atoms with van der Waals surface area (Å²) >= 11 is 0. The van der Waals surface area contributed by atoms with E-state index in [-0.39, 0.29) is 17.7 Å². The largest absolute Gasteiger partial charge is 0.356 e. The third kappa shape index (κ3) is 5.87. The normalized spacial score (nSPS) is 17.6. The molecule has 1 saturated heterocycles. The van der Waals surface area contributed by atoms with Crippen LogP contribution in [0.2, 0.25) is 0 Å². The number of benzene rings is 1. The molecule has 1 aliphatic rings. The number of piperidine rings is 1. The Bertz CT molecular complexity index is 610. The van der Waals surface area contributed by atoms with E-state index in [4.69, 9.17) is 0 Å². The van der Waals surface area contributed by atoms with Crippen LogP contribution in [0, 0.1) is 25.7 Å². The molecule has 0 saturated carbocycles. The lowest BCUT2D eigenvalue weighted by atomic mass is 9.96. The van der Waals surface area contributed by atoms with Gasteiger partial charge in [0.05, 0.1) is 0 Å². The lowest BCUT2D eigenvalue weighted by molar-refractivity contribution is -0.132. The zero-order valence-corrected chi connectivity index (χ0v) is 16.1. The maximum Gasteiger partial charge on any atom is 0.222 e. The average molecular weight is 344 g/mol. The average Bonchev–Trinajstić information content (AvgIpc) is 2.58. The molecule has 0 aliphatic carbocycles. The van der Waals surface area contributed by atoms with Crippen LogP contribution in [0.4, 0.5) is 0 Å². The molecule has 4 heteroatoms. The molecule has 2 amide bonds. The number of nitrogens with one attached hydrogen (secondary N) is 1. The van der Waals surface area contributed by atoms with Crippen LogP contribution in [-0.4, -0.2) is 36.3 Å². The van der Waals surface area contributed by atoms with Crippen molar-refractivity contribution in [1.29, 1.82) is 0 Å². The molecule has 0 bridgehead atoms. The van der Waals surface area contributed by atoms with Gasteiger partial charge < -0.3 is 10.2 Å². The highest BCUT2D eigenvalue weighted by Gasteiger charge is 2.24. The first kappa shape index (κ1) is 19.5. The second-order valence-corrected chi connectivity index (χ2v) is 7.68. The van der Waals surface area contributed by atoms with Gasteiger partial charge in [-0.15, -0.1) is 0 Å². The Kier molecular flexibility index (Phi) is 7.03. The van der Waals surface area contributed by atoms with E-state index in [1.54, 1.807) is 0 Å². The van der Waals surface area contributed by atoms with Gasteiger partial charge in [0.15, 0.2) is 0 Å². The lowest BCUT2D eigenvalue weighted by Crippen LogP contribution is -2.44. The van der Waals surface area contributed by atoms with Crippen molar-refractivity contribution in [1.82, 2.24) is 10.2 Å². The molecule has 1 fully saturated rings. The van der Waals surface area contributed by atoms with Crippen LogP contribution in [0.1, 0.15) is 49.8 Å². The minimum Gasteiger partial charge on any atom is -0.356 e. The first-order valence-corrected chi connectivity index (χ1v) is 9.48. The van der Waals surface area contributed by atoms with Gasteiger partial charge >= 0.3 is 0 Å². The smallest absolute Gasteiger partial charge is 0.222 e. The number of aryl methyl sites for hydroxylation is 3. The van der Waals surface area contributed by atoms with E-state index < -0.39 is 0 Å². The number of carbonyl (C=O) groups is 2. The Labute approximate surface area is 152 Å². The summed E-state index contributed by atoms with van der Waals surface area (Å²) in [6.07, 6.45) is 3.47. The van der Waals surface area contributed by atoms with E-state index in [0.29, 0.717) is 18.9 Å². The maximum atomic E-state index is 12.6. The van der Waals surface area contributed by atoms with Gasteiger partial charge in [0.2, 0.25) is 11.8 Å². The molecule has 1 aromatic carbocycles. The van der Waals surface area contributed by atoms with E-state index in [2.05, 4.69) is 37.4 Å². The molecule has 1 atom stereocenters. The van der Waals surface area contributed by atoms with Gasteiger partial charge in [-0.25, -0.2) is 0 Å². The molecule has 0 spiro atoms. The Hall–Kier alpha value is -1.84. The zero-order chi connectivity index (χ0) is 18.4. The van der Waals surface area contributed by atoms with Crippen molar-refractivity contribution in [3.63, 3.8) is 0 Å². The molecule has 0 unspecified atom stereocenters. The molecule has 4 nitrogen and oxygen atoms in total. The monoisotopic (exact) mass is 344 g/mol. The number of hydrogen-bond acceptors (Lipinski definition) is 2. The Morgan fingerprint density at radius 1 is 1.28 bits per heavy atom. The van der Waals surface area contributed by atoms with E-state index in [1.807, 2.05) is 18.7 Å². The number of likely N-dealkylation sites (tertiary alicyclic amines) is 1. The number of nitrogens with zero attached hydrogens (tertiary/aromatic N) is 1. The predicted octanol–water partition coefficient (Wildman–Crippen LogP) is 3.25. The third-order valence-electron chi connectivity index (χ3n) is 5.07. The van der Waals surface area contributed by atoms with Gasteiger partial charge in [0, 0.05) is 32.0 Å². The minimum absolute atomic E-state index is 0.0130. The standard InChI is InChI=1S/C21H32N2O2/c1-15(2)21(25)22-13-18-6-5-11-23(14-18)20(24)10-9-19-8-7-16(3)12-17(19)4/h7-8,12,15,18H,5-6,9-11,13-14H2,1-4H3,(H,22,25)/t18-/m1/s1. The summed E-state index contributed by atoms with van der Waals surface area (Å²) in [6, 6.07) is 6.42. The van der Waals surface area contributed by atoms with Crippen molar-refractivity contribution < 1.29 is 9.59 Å². The highest BCUT2D eigenvalue weighted by Crippen LogP contribution is 2.18. The fraction of sp³-hybridized carbons (Fsp3) is 0.619. The number of carbonyl (C=O) groups excluding carboxylic acids is 2. The summed E-state index contributed by atoms with van der Waals surface area (Å²) < 4.78 is 0. The SMILES string of the molecule is Cc1ccc(CCC(=O)N2CCC[C@H](CNC(=O)C(C)C)C2)c(C)c1. The molecule has 0 aromatic heterocycles. The predicted molar refractivity (Wildman–Crippen MR) is 101 cm³/mol. The lowest BCUT2D eigenvalue weighted by Gasteiger charge is -2.33. The van der Waals surface area contributed by atoms with Gasteiger partial charge in [-0.05, 0) is 50.2 Å². The summed E-state index contributed by atoms with van der Waals surface area (Å²) in [5, 5.41) is 3.00. The molecule has 0 radical (unpaired) electrons. The van der Waals surface area contributed by atoms with E-state index in [1.165, 1.54) is 16.7 Å². The van der Waals surface area contributed by atoms with Gasteiger partial charge in [-0.1, -0.05) is 37.6 Å². The second kappa shape index (κ2) is 9.02. The number of amides is 2. The van der Waals surface area contributed by atoms with E-state index >= 15 is 0 Å². The van der Waals surface area contributed by atoms with Crippen LogP contribution >= 0.6 is 0 Å². The van der Waals surface area contributed by atoms with Crippen LogP contribution in [0.25, 0.3) is 0 Å². The molecule has 1 aromatic rings. The van der Waals surface area contributed by atoms with Crippen molar-refractivity contribution in [2.45, 2.75) is 53.4 Å². The molecule has 25 heavy (non-hydrogen) atoms. The number of hydrogen-bond donors (Lipinski definition) is 1. The summed E-state index contributed by atoms with van der Waals surface area (Å²) in [6.45, 7) is 10.3. The second-order valence-electron chi connectivity index (χ2n) is 7.68. The fourth-order valence-electron chi connectivity index (χ4n) is 3.43. The Morgan fingerprint density at radius 2 is 2.04 bits per heavy atom. The molecular formula is C21H32N2O2. The van der Waals surface area contributed by atoms with Crippen molar-refractivity contribution in [2.24, 2.45) is 11.8 Å². The third-order valence-corrected chi connectivity index (χ3v) is 5.07. The molecule has 2 rings (SSSR count). The van der Waals surface area contributed by atoms with E-state index in [9.17, 15) is 9.59 Å². The first-order chi connectivity index (χ1) is 11.9. The van der Waals surface area contributed by atoms with Crippen LogP contribution in [0.15, 0.2) is 18.2 Å². The van der Waals surface area contributed by atoms with Crippen molar-refractivity contribution in [3.8, 4) is 0 Å². The summed E-state index contributed by atoms with van der Waals surface area (Å²) in [5.74, 6) is 0.721. The quantitative estimate of drug-likeness (QED) is 0.861. The summed E-state index contributed by atoms with van der Waals surface area (Å²) in [5.41, 5.74) is 3.78. The van der Waals surface area contributed by atoms with Crippen LogP contribution in [0.3, 0.4) is 0 Å². The van der Waals surface area contributed by atoms with Gasteiger partial charge in [0.1, 0.15) is 0 Å². The molecule has 1 aliphatic heterocycles. The summed E-state index contributed by atoms with van der Waals surface area (Å²) in [7, 11) is 0. The van der Waals surface area contributed by atoms with Crippen molar-refractivity contribution in [2.75, 3.05) is 19.6 Å². The van der Waals surface area contributed by atoms with Crippen LogP contribution in [-0.2, 0) is 16.0 Å². The van der Waals surface area contributed by atoms with Gasteiger partial charge in [-0.2, -0.15) is 0 Å². The van der Waals surface area contributed by atoms with Crippen LogP contribution in [0.5, 0.6) is 0 Å². The van der Waals surface area contributed by atoms with Crippen molar-refractivity contribution >= 4 is 11.8 Å². The van der Waals surface area contributed by atoms with Gasteiger partial charge in [-0.3, -0.25) is 9.59 Å². The molecule has 1 N–H and O–H groups in total. The fourth-order valence-corrected chi connectivity index (χ4v) is 3.43. The van der Waals surface area contributed by atoms with Gasteiger partial charge in [0.25, 0.3) is 0 Å². The zero-order valence-electron chi connectivity index (χ0n) is 16.1. The topological polar surface area (TPSA) is 49.4 Å². The Morgan fingerprint density at radius 3 is 2.72 bits per heavy atom. The van der Waals surface area contributed by atoms with E-state index in [0.717, 1.165) is 32.4 Å². The highest BCUT2D eigenvalue weighted by atomic mass is 16.2. The number of rotatable bonds is 6. The Balaban J connectivity index is 1.81. The molecule has 1 heterocycles. The summed E-state index contributed by atoms with van der Waals surface area (Å²) in [4.78, 5) is 26.3. The molecular weight excluding hydrogens is 312 g/mol. The minimum atomic E-state index is 0.0130. The van der Waals surface area contributed by atoms with Crippen LogP contribution < -0.4 is 5.32 Å². The highest BCUT2D eigenvalue weighted by molar-refractivity contribution is 5.78. The molecule has 138 valence electrons. The maximum absolute atomic E-state index is 12.6. The first-order valence-electron chi connectivity index (χ1n) is 9.48.